The largest absolute Gasteiger partial charge is 0.447 e. The van der Waals surface area contributed by atoms with E-state index < -0.39 is 6.09 Å². The molecule has 1 aromatic heterocycles. The van der Waals surface area contributed by atoms with E-state index >= 15 is 0 Å². The lowest BCUT2D eigenvalue weighted by Crippen LogP contribution is -2.36. The molecule has 2 amide bonds. The Morgan fingerprint density at radius 1 is 1.11 bits per heavy atom. The van der Waals surface area contributed by atoms with E-state index in [2.05, 4.69) is 20.9 Å². The molecule has 3 rings (SSSR count). The van der Waals surface area contributed by atoms with Crippen LogP contribution < -0.4 is 16.0 Å². The van der Waals surface area contributed by atoms with Crippen molar-refractivity contribution in [2.45, 2.75) is 6.54 Å². The highest BCUT2D eigenvalue weighted by Crippen LogP contribution is 2.25. The van der Waals surface area contributed by atoms with E-state index in [-0.39, 0.29) is 25.6 Å². The molecule has 3 aromatic rings. The normalized spacial score (nSPS) is 10.6. The molecule has 0 spiro atoms. The lowest BCUT2D eigenvalue weighted by molar-refractivity contribution is -0.120. The van der Waals surface area contributed by atoms with Crippen molar-refractivity contribution in [1.29, 1.82) is 0 Å². The molecule has 0 aliphatic heterocycles. The molecule has 0 saturated heterocycles. The van der Waals surface area contributed by atoms with Crippen LogP contribution in [0.15, 0.2) is 48.5 Å². The summed E-state index contributed by atoms with van der Waals surface area (Å²) in [6.07, 6.45) is -0.606. The third-order valence-electron chi connectivity index (χ3n) is 3.72. The number of rotatable bonds is 8. The lowest BCUT2D eigenvalue weighted by atomic mass is 10.2. The summed E-state index contributed by atoms with van der Waals surface area (Å²) < 4.78 is 6.03. The summed E-state index contributed by atoms with van der Waals surface area (Å²) in [5.74, 6) is -0.192. The fourth-order valence-corrected chi connectivity index (χ4v) is 3.45. The molecule has 146 valence electrons. The van der Waals surface area contributed by atoms with Gasteiger partial charge in [0, 0.05) is 11.6 Å². The molecule has 9 heteroatoms. The van der Waals surface area contributed by atoms with Gasteiger partial charge in [0.1, 0.15) is 6.61 Å². The van der Waals surface area contributed by atoms with E-state index in [0.717, 1.165) is 15.8 Å². The summed E-state index contributed by atoms with van der Waals surface area (Å²) >= 11 is 7.42. The smallest absolute Gasteiger partial charge is 0.413 e. The summed E-state index contributed by atoms with van der Waals surface area (Å²) in [7, 11) is 0. The number of nitrogens with one attached hydrogen (secondary N) is 3. The number of nitrogens with zero attached hydrogens (tertiary/aromatic N) is 1. The van der Waals surface area contributed by atoms with E-state index in [4.69, 9.17) is 16.3 Å². The maximum absolute atomic E-state index is 11.8. The molecule has 0 aliphatic rings. The Hall–Kier alpha value is -2.68. The molecule has 0 atom stereocenters. The van der Waals surface area contributed by atoms with E-state index in [1.54, 1.807) is 6.07 Å². The number of para-hydroxylation sites is 1. The molecule has 28 heavy (non-hydrogen) atoms. The van der Waals surface area contributed by atoms with Gasteiger partial charge in [-0.15, -0.1) is 0 Å². The fourth-order valence-electron chi connectivity index (χ4n) is 2.40. The van der Waals surface area contributed by atoms with E-state index in [0.29, 0.717) is 16.7 Å². The van der Waals surface area contributed by atoms with Crippen LogP contribution in [0.25, 0.3) is 10.2 Å². The van der Waals surface area contributed by atoms with Crippen molar-refractivity contribution in [3.05, 3.63) is 59.1 Å². The molecule has 7 nitrogen and oxygen atoms in total. The van der Waals surface area contributed by atoms with Crippen LogP contribution in [-0.4, -0.2) is 36.7 Å². The Labute approximate surface area is 171 Å². The van der Waals surface area contributed by atoms with Gasteiger partial charge in [-0.25, -0.2) is 9.78 Å². The number of amides is 2. The number of thiazole rings is 1. The van der Waals surface area contributed by atoms with Gasteiger partial charge in [0.2, 0.25) is 5.91 Å². The van der Waals surface area contributed by atoms with Gasteiger partial charge >= 0.3 is 6.09 Å². The number of anilines is 1. The number of carbonyl (C=O) groups excluding carboxylic acids is 2. The molecule has 0 fully saturated rings. The van der Waals surface area contributed by atoms with Crippen molar-refractivity contribution in [1.82, 2.24) is 15.6 Å². The molecule has 0 bridgehead atoms. The molecular weight excluding hydrogens is 400 g/mol. The second-order valence-electron chi connectivity index (χ2n) is 5.79. The van der Waals surface area contributed by atoms with Crippen LogP contribution in [0.4, 0.5) is 9.93 Å². The molecule has 3 N–H and O–H groups in total. The van der Waals surface area contributed by atoms with Crippen LogP contribution in [0.3, 0.4) is 0 Å². The van der Waals surface area contributed by atoms with E-state index in [1.165, 1.54) is 11.3 Å². The number of fused-ring (bicyclic) bond motifs is 1. The minimum Gasteiger partial charge on any atom is -0.447 e. The minimum absolute atomic E-state index is 0.0625. The van der Waals surface area contributed by atoms with Crippen molar-refractivity contribution in [2.24, 2.45) is 0 Å². The van der Waals surface area contributed by atoms with Crippen LogP contribution >= 0.6 is 22.9 Å². The summed E-state index contributed by atoms with van der Waals surface area (Å²) in [5.41, 5.74) is 1.74. The van der Waals surface area contributed by atoms with Crippen molar-refractivity contribution in [3.8, 4) is 0 Å². The molecule has 0 unspecified atom stereocenters. The van der Waals surface area contributed by atoms with Crippen molar-refractivity contribution in [3.63, 3.8) is 0 Å². The zero-order chi connectivity index (χ0) is 19.8. The number of benzene rings is 2. The Balaban J connectivity index is 1.30. The van der Waals surface area contributed by atoms with Crippen molar-refractivity contribution in [2.75, 3.05) is 25.0 Å². The first-order valence-electron chi connectivity index (χ1n) is 8.62. The molecule has 0 radical (unpaired) electrons. The van der Waals surface area contributed by atoms with Gasteiger partial charge < -0.3 is 15.4 Å². The second kappa shape index (κ2) is 10.0. The Kier molecular flexibility index (Phi) is 7.18. The monoisotopic (exact) mass is 418 g/mol. The quantitative estimate of drug-likeness (QED) is 0.487. The standard InChI is InChI=1S/C19H19ClN4O3S/c20-14-6-2-1-5-13(14)11-21-12-17(25)22-9-10-27-19(26)24-18-23-15-7-3-4-8-16(15)28-18/h1-8,21H,9-12H2,(H,22,25)(H,23,24,26). The van der Waals surface area contributed by atoms with Crippen molar-refractivity contribution < 1.29 is 14.3 Å². The molecule has 1 heterocycles. The second-order valence-corrected chi connectivity index (χ2v) is 7.23. The van der Waals surface area contributed by atoms with Crippen LogP contribution in [0.2, 0.25) is 5.02 Å². The van der Waals surface area contributed by atoms with E-state index in [9.17, 15) is 9.59 Å². The number of halogens is 1. The van der Waals surface area contributed by atoms with Crippen LogP contribution in [-0.2, 0) is 16.1 Å². The van der Waals surface area contributed by atoms with Gasteiger partial charge in [0.15, 0.2) is 5.13 Å². The van der Waals surface area contributed by atoms with Gasteiger partial charge in [0.25, 0.3) is 0 Å². The Bertz CT molecular complexity index is 930. The van der Waals surface area contributed by atoms with Gasteiger partial charge in [0.05, 0.1) is 23.3 Å². The number of hydrogen-bond donors (Lipinski definition) is 3. The van der Waals surface area contributed by atoms with Gasteiger partial charge in [-0.2, -0.15) is 0 Å². The average Bonchev–Trinajstić information content (AvgIpc) is 3.09. The highest BCUT2D eigenvalue weighted by molar-refractivity contribution is 7.22. The van der Waals surface area contributed by atoms with E-state index in [1.807, 2.05) is 42.5 Å². The zero-order valence-electron chi connectivity index (χ0n) is 14.9. The predicted octanol–water partition coefficient (Wildman–Crippen LogP) is 3.40. The third-order valence-corrected chi connectivity index (χ3v) is 5.04. The molecular formula is C19H19ClN4O3S. The maximum atomic E-state index is 11.8. The summed E-state index contributed by atoms with van der Waals surface area (Å²) in [6, 6.07) is 15.0. The topological polar surface area (TPSA) is 92.4 Å². The van der Waals surface area contributed by atoms with Crippen LogP contribution in [0, 0.1) is 0 Å². The number of ether oxygens (including phenoxy) is 1. The van der Waals surface area contributed by atoms with Gasteiger partial charge in [-0.3, -0.25) is 10.1 Å². The molecule has 2 aromatic carbocycles. The van der Waals surface area contributed by atoms with Crippen LogP contribution in [0.5, 0.6) is 0 Å². The summed E-state index contributed by atoms with van der Waals surface area (Å²) in [4.78, 5) is 27.9. The fraction of sp³-hybridized carbons (Fsp3) is 0.211. The third kappa shape index (κ3) is 5.91. The number of aromatic nitrogens is 1. The first-order chi connectivity index (χ1) is 13.6. The van der Waals surface area contributed by atoms with Gasteiger partial charge in [-0.05, 0) is 23.8 Å². The van der Waals surface area contributed by atoms with Gasteiger partial charge in [-0.1, -0.05) is 53.3 Å². The van der Waals surface area contributed by atoms with Crippen molar-refractivity contribution >= 4 is 50.3 Å². The highest BCUT2D eigenvalue weighted by atomic mass is 35.5. The summed E-state index contributed by atoms with van der Waals surface area (Å²) in [6.45, 7) is 0.921. The Morgan fingerprint density at radius 3 is 2.71 bits per heavy atom. The summed E-state index contributed by atoms with van der Waals surface area (Å²) in [5, 5.41) is 9.40. The Morgan fingerprint density at radius 2 is 1.89 bits per heavy atom. The molecule has 0 aliphatic carbocycles. The first kappa shape index (κ1) is 20.1. The average molecular weight is 419 g/mol. The first-order valence-corrected chi connectivity index (χ1v) is 9.81. The predicted molar refractivity (Wildman–Crippen MR) is 111 cm³/mol. The maximum Gasteiger partial charge on any atom is 0.413 e. The minimum atomic E-state index is -0.606. The van der Waals surface area contributed by atoms with Crippen LogP contribution in [0.1, 0.15) is 5.56 Å². The highest BCUT2D eigenvalue weighted by Gasteiger charge is 2.08. The number of carbonyl (C=O) groups is 2. The SMILES string of the molecule is O=C(CNCc1ccccc1Cl)NCCOC(=O)Nc1nc2ccccc2s1. The number of hydrogen-bond acceptors (Lipinski definition) is 6. The molecule has 0 saturated carbocycles. The lowest BCUT2D eigenvalue weighted by Gasteiger charge is -2.08. The zero-order valence-corrected chi connectivity index (χ0v) is 16.5.